The minimum absolute atomic E-state index is 0.250. The molecule has 19 heavy (non-hydrogen) atoms. The number of rotatable bonds is 5. The van der Waals surface area contributed by atoms with E-state index in [1.165, 1.54) is 0 Å². The SMILES string of the molecule is CCNC(C)c1ccc(Oc2ccc(C)nc2)cn1. The molecule has 0 aliphatic rings. The summed E-state index contributed by atoms with van der Waals surface area (Å²) in [7, 11) is 0. The Balaban J connectivity index is 2.04. The van der Waals surface area contributed by atoms with E-state index in [9.17, 15) is 0 Å². The molecule has 0 spiro atoms. The van der Waals surface area contributed by atoms with Crippen LogP contribution in [0.4, 0.5) is 0 Å². The maximum atomic E-state index is 5.68. The third kappa shape index (κ3) is 3.76. The van der Waals surface area contributed by atoms with Crippen LogP contribution in [0, 0.1) is 6.92 Å². The van der Waals surface area contributed by atoms with Crippen molar-refractivity contribution in [2.75, 3.05) is 6.54 Å². The van der Waals surface area contributed by atoms with E-state index in [0.717, 1.165) is 29.4 Å². The highest BCUT2D eigenvalue weighted by molar-refractivity contribution is 5.29. The third-order valence-corrected chi connectivity index (χ3v) is 2.83. The van der Waals surface area contributed by atoms with Gasteiger partial charge in [-0.25, -0.2) is 0 Å². The standard InChI is InChI=1S/C15H19N3O/c1-4-16-12(3)15-8-7-14(10-18-15)19-13-6-5-11(2)17-9-13/h5-10,12,16H,4H2,1-3H3. The lowest BCUT2D eigenvalue weighted by Crippen LogP contribution is -2.18. The van der Waals surface area contributed by atoms with Crippen molar-refractivity contribution in [3.05, 3.63) is 48.0 Å². The predicted octanol–water partition coefficient (Wildman–Crippen LogP) is 3.25. The predicted molar refractivity (Wildman–Crippen MR) is 75.4 cm³/mol. The summed E-state index contributed by atoms with van der Waals surface area (Å²) in [5, 5.41) is 3.32. The second-order valence-corrected chi connectivity index (χ2v) is 4.44. The second-order valence-electron chi connectivity index (χ2n) is 4.44. The van der Waals surface area contributed by atoms with Crippen molar-refractivity contribution in [2.45, 2.75) is 26.8 Å². The minimum Gasteiger partial charge on any atom is -0.454 e. The fourth-order valence-corrected chi connectivity index (χ4v) is 1.77. The van der Waals surface area contributed by atoms with Gasteiger partial charge in [-0.2, -0.15) is 0 Å². The van der Waals surface area contributed by atoms with Crippen LogP contribution in [0.15, 0.2) is 36.7 Å². The van der Waals surface area contributed by atoms with Crippen molar-refractivity contribution in [3.63, 3.8) is 0 Å². The van der Waals surface area contributed by atoms with E-state index in [1.54, 1.807) is 12.4 Å². The Labute approximate surface area is 113 Å². The molecule has 0 saturated heterocycles. The summed E-state index contributed by atoms with van der Waals surface area (Å²) in [5.41, 5.74) is 1.98. The van der Waals surface area contributed by atoms with E-state index >= 15 is 0 Å². The van der Waals surface area contributed by atoms with E-state index < -0.39 is 0 Å². The molecule has 0 aliphatic carbocycles. The van der Waals surface area contributed by atoms with E-state index in [2.05, 4.69) is 29.1 Å². The molecule has 0 amide bonds. The van der Waals surface area contributed by atoms with Gasteiger partial charge < -0.3 is 10.1 Å². The molecule has 2 aromatic heterocycles. The molecule has 4 heteroatoms. The molecule has 2 heterocycles. The molecule has 0 fully saturated rings. The van der Waals surface area contributed by atoms with Crippen molar-refractivity contribution < 1.29 is 4.74 Å². The summed E-state index contributed by atoms with van der Waals surface area (Å²) in [6, 6.07) is 7.97. The van der Waals surface area contributed by atoms with Crippen LogP contribution in [0.5, 0.6) is 11.5 Å². The number of nitrogens with one attached hydrogen (secondary N) is 1. The van der Waals surface area contributed by atoms with Gasteiger partial charge in [0.05, 0.1) is 18.1 Å². The van der Waals surface area contributed by atoms with E-state index in [-0.39, 0.29) is 6.04 Å². The summed E-state index contributed by atoms with van der Waals surface area (Å²) < 4.78 is 5.68. The molecule has 1 unspecified atom stereocenters. The fraction of sp³-hybridized carbons (Fsp3) is 0.333. The summed E-state index contributed by atoms with van der Waals surface area (Å²) in [4.78, 5) is 8.59. The lowest BCUT2D eigenvalue weighted by atomic mass is 10.2. The van der Waals surface area contributed by atoms with E-state index in [4.69, 9.17) is 4.74 Å². The summed E-state index contributed by atoms with van der Waals surface area (Å²) in [5.74, 6) is 1.44. The normalized spacial score (nSPS) is 12.2. The minimum atomic E-state index is 0.250. The van der Waals surface area contributed by atoms with Gasteiger partial charge in [0.2, 0.25) is 0 Å². The molecule has 0 radical (unpaired) electrons. The molecule has 1 N–H and O–H groups in total. The average molecular weight is 257 g/mol. The molecule has 0 aromatic carbocycles. The third-order valence-electron chi connectivity index (χ3n) is 2.83. The van der Waals surface area contributed by atoms with Gasteiger partial charge in [-0.05, 0) is 44.7 Å². The quantitative estimate of drug-likeness (QED) is 0.893. The molecule has 2 aromatic rings. The van der Waals surface area contributed by atoms with Crippen molar-refractivity contribution in [2.24, 2.45) is 0 Å². The molecule has 0 saturated carbocycles. The highest BCUT2D eigenvalue weighted by Gasteiger charge is 2.05. The number of ether oxygens (including phenoxy) is 1. The Morgan fingerprint density at radius 3 is 2.32 bits per heavy atom. The Morgan fingerprint density at radius 1 is 1.11 bits per heavy atom. The number of hydrogen-bond acceptors (Lipinski definition) is 4. The number of aryl methyl sites for hydroxylation is 1. The monoisotopic (exact) mass is 257 g/mol. The molecule has 1 atom stereocenters. The van der Waals surface area contributed by atoms with Crippen molar-refractivity contribution in [1.29, 1.82) is 0 Å². The maximum Gasteiger partial charge on any atom is 0.145 e. The van der Waals surface area contributed by atoms with Crippen LogP contribution < -0.4 is 10.1 Å². The van der Waals surface area contributed by atoms with Crippen molar-refractivity contribution in [3.8, 4) is 11.5 Å². The van der Waals surface area contributed by atoms with Gasteiger partial charge in [-0.15, -0.1) is 0 Å². The van der Waals surface area contributed by atoms with Gasteiger partial charge in [0, 0.05) is 11.7 Å². The van der Waals surface area contributed by atoms with Crippen LogP contribution in [-0.2, 0) is 0 Å². The summed E-state index contributed by atoms with van der Waals surface area (Å²) in [6.07, 6.45) is 3.45. The Morgan fingerprint density at radius 2 is 1.79 bits per heavy atom. The lowest BCUT2D eigenvalue weighted by Gasteiger charge is -2.12. The Kier molecular flexibility index (Phi) is 4.47. The first kappa shape index (κ1) is 13.5. The number of nitrogens with zero attached hydrogens (tertiary/aromatic N) is 2. The van der Waals surface area contributed by atoms with Gasteiger partial charge in [-0.1, -0.05) is 6.92 Å². The molecule has 2 rings (SSSR count). The smallest absolute Gasteiger partial charge is 0.145 e. The van der Waals surface area contributed by atoms with Crippen molar-refractivity contribution >= 4 is 0 Å². The second kappa shape index (κ2) is 6.29. The van der Waals surface area contributed by atoms with Gasteiger partial charge in [0.25, 0.3) is 0 Å². The molecular weight excluding hydrogens is 238 g/mol. The summed E-state index contributed by atoms with van der Waals surface area (Å²) in [6.45, 7) is 7.05. The summed E-state index contributed by atoms with van der Waals surface area (Å²) >= 11 is 0. The van der Waals surface area contributed by atoms with Crippen LogP contribution in [0.2, 0.25) is 0 Å². The van der Waals surface area contributed by atoms with Crippen LogP contribution in [0.1, 0.15) is 31.3 Å². The van der Waals surface area contributed by atoms with Gasteiger partial charge >= 0.3 is 0 Å². The first-order chi connectivity index (χ1) is 9.19. The Bertz CT molecular complexity index is 508. The molecular formula is C15H19N3O. The lowest BCUT2D eigenvalue weighted by molar-refractivity contribution is 0.475. The zero-order chi connectivity index (χ0) is 13.7. The number of pyridine rings is 2. The van der Waals surface area contributed by atoms with E-state index in [1.807, 2.05) is 31.2 Å². The first-order valence-corrected chi connectivity index (χ1v) is 6.49. The van der Waals surface area contributed by atoms with E-state index in [0.29, 0.717) is 0 Å². The highest BCUT2D eigenvalue weighted by atomic mass is 16.5. The topological polar surface area (TPSA) is 47.0 Å². The van der Waals surface area contributed by atoms with Crippen LogP contribution in [0.25, 0.3) is 0 Å². The Hall–Kier alpha value is -1.94. The number of hydrogen-bond donors (Lipinski definition) is 1. The number of aromatic nitrogens is 2. The average Bonchev–Trinajstić information content (AvgIpc) is 2.42. The molecule has 100 valence electrons. The molecule has 0 aliphatic heterocycles. The highest BCUT2D eigenvalue weighted by Crippen LogP contribution is 2.21. The zero-order valence-electron chi connectivity index (χ0n) is 11.6. The van der Waals surface area contributed by atoms with Gasteiger partial charge in [0.15, 0.2) is 0 Å². The zero-order valence-corrected chi connectivity index (χ0v) is 11.6. The first-order valence-electron chi connectivity index (χ1n) is 6.49. The maximum absolute atomic E-state index is 5.68. The largest absolute Gasteiger partial charge is 0.454 e. The van der Waals surface area contributed by atoms with Gasteiger partial charge in [0.1, 0.15) is 11.5 Å². The van der Waals surface area contributed by atoms with Gasteiger partial charge in [-0.3, -0.25) is 9.97 Å². The van der Waals surface area contributed by atoms with Crippen LogP contribution in [0.3, 0.4) is 0 Å². The van der Waals surface area contributed by atoms with Crippen LogP contribution >= 0.6 is 0 Å². The van der Waals surface area contributed by atoms with Crippen LogP contribution in [-0.4, -0.2) is 16.5 Å². The fourth-order valence-electron chi connectivity index (χ4n) is 1.77. The van der Waals surface area contributed by atoms with Crippen molar-refractivity contribution in [1.82, 2.24) is 15.3 Å². The molecule has 4 nitrogen and oxygen atoms in total. The molecule has 0 bridgehead atoms.